The van der Waals surface area contributed by atoms with Crippen molar-refractivity contribution >= 4 is 27.5 Å². The summed E-state index contributed by atoms with van der Waals surface area (Å²) in [6.45, 7) is 0. The minimum absolute atomic E-state index is 0.00357. The standard InChI is InChI=1S/C14H16BrClO2/c15-9-3-4-11(10(16)7-9)18-13-8-12(17)14(13)5-1-2-6-14/h3-4,7,12-13,17H,1-2,5-6,8H2. The number of halogens is 2. The molecular weight excluding hydrogens is 316 g/mol. The molecule has 2 unspecified atom stereocenters. The van der Waals surface area contributed by atoms with Crippen molar-refractivity contribution < 1.29 is 9.84 Å². The summed E-state index contributed by atoms with van der Waals surface area (Å²) < 4.78 is 6.98. The van der Waals surface area contributed by atoms with Gasteiger partial charge in [-0.05, 0) is 31.0 Å². The van der Waals surface area contributed by atoms with Crippen molar-refractivity contribution in [2.24, 2.45) is 5.41 Å². The summed E-state index contributed by atoms with van der Waals surface area (Å²) in [5.74, 6) is 0.725. The first-order valence-electron chi connectivity index (χ1n) is 6.41. The third kappa shape index (κ3) is 1.97. The molecule has 0 aliphatic heterocycles. The van der Waals surface area contributed by atoms with E-state index in [1.54, 1.807) is 0 Å². The van der Waals surface area contributed by atoms with Crippen LogP contribution in [-0.2, 0) is 0 Å². The van der Waals surface area contributed by atoms with E-state index in [9.17, 15) is 5.11 Å². The molecule has 3 rings (SSSR count). The fourth-order valence-corrected chi connectivity index (χ4v) is 4.02. The monoisotopic (exact) mass is 330 g/mol. The zero-order valence-electron chi connectivity index (χ0n) is 10.0. The number of rotatable bonds is 2. The number of hydrogen-bond acceptors (Lipinski definition) is 2. The normalized spacial score (nSPS) is 29.3. The van der Waals surface area contributed by atoms with E-state index in [1.807, 2.05) is 18.2 Å². The molecule has 2 saturated carbocycles. The Morgan fingerprint density at radius 3 is 2.67 bits per heavy atom. The number of ether oxygens (including phenoxy) is 1. The second-order valence-electron chi connectivity index (χ2n) is 5.37. The van der Waals surface area contributed by atoms with Gasteiger partial charge in [0.2, 0.25) is 0 Å². The molecule has 0 saturated heterocycles. The molecule has 2 atom stereocenters. The molecule has 0 aromatic heterocycles. The van der Waals surface area contributed by atoms with Crippen molar-refractivity contribution in [2.45, 2.75) is 44.3 Å². The van der Waals surface area contributed by atoms with E-state index in [0.29, 0.717) is 5.02 Å². The van der Waals surface area contributed by atoms with Crippen molar-refractivity contribution in [1.82, 2.24) is 0 Å². The van der Waals surface area contributed by atoms with E-state index in [4.69, 9.17) is 16.3 Å². The maximum absolute atomic E-state index is 10.0. The van der Waals surface area contributed by atoms with Crippen LogP contribution in [0.15, 0.2) is 22.7 Å². The predicted octanol–water partition coefficient (Wildman–Crippen LogP) is 4.17. The molecule has 1 aromatic rings. The number of benzene rings is 1. The molecular formula is C14H16BrClO2. The zero-order valence-corrected chi connectivity index (χ0v) is 12.4. The predicted molar refractivity (Wildman–Crippen MR) is 75.1 cm³/mol. The van der Waals surface area contributed by atoms with Crippen LogP contribution in [0.2, 0.25) is 5.02 Å². The van der Waals surface area contributed by atoms with Crippen LogP contribution in [0.1, 0.15) is 32.1 Å². The smallest absolute Gasteiger partial charge is 0.138 e. The molecule has 2 aliphatic rings. The highest BCUT2D eigenvalue weighted by Gasteiger charge is 2.57. The van der Waals surface area contributed by atoms with Gasteiger partial charge in [0.15, 0.2) is 0 Å². The fraction of sp³-hybridized carbons (Fsp3) is 0.571. The Balaban J connectivity index is 1.77. The van der Waals surface area contributed by atoms with Gasteiger partial charge in [0.1, 0.15) is 11.9 Å². The number of aliphatic hydroxyl groups is 1. The van der Waals surface area contributed by atoms with Gasteiger partial charge in [-0.3, -0.25) is 0 Å². The Hall–Kier alpha value is -0.250. The second kappa shape index (κ2) is 4.69. The van der Waals surface area contributed by atoms with E-state index in [0.717, 1.165) is 29.5 Å². The van der Waals surface area contributed by atoms with Crippen molar-refractivity contribution in [2.75, 3.05) is 0 Å². The minimum Gasteiger partial charge on any atom is -0.488 e. The zero-order chi connectivity index (χ0) is 12.8. The second-order valence-corrected chi connectivity index (χ2v) is 6.70. The molecule has 1 aromatic carbocycles. The molecule has 4 heteroatoms. The SMILES string of the molecule is OC1CC(Oc2ccc(Br)cc2Cl)C12CCCC2. The van der Waals surface area contributed by atoms with Gasteiger partial charge >= 0.3 is 0 Å². The third-order valence-electron chi connectivity index (χ3n) is 4.44. The first-order chi connectivity index (χ1) is 8.62. The van der Waals surface area contributed by atoms with Crippen molar-refractivity contribution in [3.05, 3.63) is 27.7 Å². The van der Waals surface area contributed by atoms with E-state index < -0.39 is 0 Å². The van der Waals surface area contributed by atoms with Gasteiger partial charge < -0.3 is 9.84 Å². The lowest BCUT2D eigenvalue weighted by atomic mass is 9.62. The van der Waals surface area contributed by atoms with Gasteiger partial charge in [-0.25, -0.2) is 0 Å². The quantitative estimate of drug-likeness (QED) is 0.881. The molecule has 0 radical (unpaired) electrons. The van der Waals surface area contributed by atoms with Gasteiger partial charge in [-0.2, -0.15) is 0 Å². The molecule has 2 aliphatic carbocycles. The highest BCUT2D eigenvalue weighted by Crippen LogP contribution is 2.55. The van der Waals surface area contributed by atoms with Crippen LogP contribution >= 0.6 is 27.5 Å². The Bertz CT molecular complexity index is 457. The first-order valence-corrected chi connectivity index (χ1v) is 7.59. The lowest BCUT2D eigenvalue weighted by molar-refractivity contribution is -0.151. The summed E-state index contributed by atoms with van der Waals surface area (Å²) >= 11 is 9.55. The van der Waals surface area contributed by atoms with Crippen molar-refractivity contribution in [3.8, 4) is 5.75 Å². The molecule has 2 nitrogen and oxygen atoms in total. The van der Waals surface area contributed by atoms with Gasteiger partial charge in [0.25, 0.3) is 0 Å². The largest absolute Gasteiger partial charge is 0.488 e. The molecule has 0 amide bonds. The molecule has 1 spiro atoms. The van der Waals surface area contributed by atoms with Crippen LogP contribution in [-0.4, -0.2) is 17.3 Å². The molecule has 1 N–H and O–H groups in total. The highest BCUT2D eigenvalue weighted by atomic mass is 79.9. The highest BCUT2D eigenvalue weighted by molar-refractivity contribution is 9.10. The third-order valence-corrected chi connectivity index (χ3v) is 5.23. The minimum atomic E-state index is -0.195. The lowest BCUT2D eigenvalue weighted by Crippen LogP contribution is -2.58. The Kier molecular flexibility index (Phi) is 3.33. The number of hydrogen-bond donors (Lipinski definition) is 1. The average molecular weight is 332 g/mol. The van der Waals surface area contributed by atoms with E-state index in [1.165, 1.54) is 12.8 Å². The van der Waals surface area contributed by atoms with Crippen LogP contribution in [0.5, 0.6) is 5.75 Å². The van der Waals surface area contributed by atoms with Crippen molar-refractivity contribution in [3.63, 3.8) is 0 Å². The molecule has 0 heterocycles. The Morgan fingerprint density at radius 1 is 1.33 bits per heavy atom. The molecule has 18 heavy (non-hydrogen) atoms. The Morgan fingerprint density at radius 2 is 2.06 bits per heavy atom. The van der Waals surface area contributed by atoms with Gasteiger partial charge in [-0.1, -0.05) is 40.4 Å². The van der Waals surface area contributed by atoms with Crippen LogP contribution in [0, 0.1) is 5.41 Å². The van der Waals surface area contributed by atoms with E-state index in [-0.39, 0.29) is 17.6 Å². The maximum Gasteiger partial charge on any atom is 0.138 e. The topological polar surface area (TPSA) is 29.5 Å². The lowest BCUT2D eigenvalue weighted by Gasteiger charge is -2.51. The van der Waals surface area contributed by atoms with Crippen LogP contribution in [0.3, 0.4) is 0 Å². The van der Waals surface area contributed by atoms with E-state index >= 15 is 0 Å². The van der Waals surface area contributed by atoms with Crippen LogP contribution in [0.25, 0.3) is 0 Å². The number of aliphatic hydroxyl groups excluding tert-OH is 1. The molecule has 2 fully saturated rings. The summed E-state index contributed by atoms with van der Waals surface area (Å²) in [5.41, 5.74) is -0.00357. The average Bonchev–Trinajstić information content (AvgIpc) is 2.83. The van der Waals surface area contributed by atoms with Gasteiger partial charge in [0, 0.05) is 16.3 Å². The van der Waals surface area contributed by atoms with Gasteiger partial charge in [-0.15, -0.1) is 0 Å². The maximum atomic E-state index is 10.0. The van der Waals surface area contributed by atoms with Crippen LogP contribution < -0.4 is 4.74 Å². The first kappa shape index (κ1) is 12.8. The summed E-state index contributed by atoms with van der Waals surface area (Å²) in [4.78, 5) is 0. The summed E-state index contributed by atoms with van der Waals surface area (Å²) in [7, 11) is 0. The Labute approximate surface area is 120 Å². The summed E-state index contributed by atoms with van der Waals surface area (Å²) in [6, 6.07) is 5.66. The molecule has 98 valence electrons. The molecule has 0 bridgehead atoms. The van der Waals surface area contributed by atoms with Crippen molar-refractivity contribution in [1.29, 1.82) is 0 Å². The fourth-order valence-electron chi connectivity index (χ4n) is 3.30. The van der Waals surface area contributed by atoms with Crippen LogP contribution in [0.4, 0.5) is 0 Å². The van der Waals surface area contributed by atoms with E-state index in [2.05, 4.69) is 15.9 Å². The van der Waals surface area contributed by atoms with Gasteiger partial charge in [0.05, 0.1) is 11.1 Å². The summed E-state index contributed by atoms with van der Waals surface area (Å²) in [6.07, 6.45) is 5.20. The summed E-state index contributed by atoms with van der Waals surface area (Å²) in [5, 5.41) is 10.7.